The van der Waals surface area contributed by atoms with Crippen LogP contribution in [0.1, 0.15) is 43.0 Å². The molecule has 0 fully saturated rings. The lowest BCUT2D eigenvalue weighted by molar-refractivity contribution is -0.384. The topological polar surface area (TPSA) is 94.3 Å². The number of nitro benzene ring substituents is 1. The smallest absolute Gasteiger partial charge is 0.332 e. The van der Waals surface area contributed by atoms with Crippen molar-refractivity contribution in [3.05, 3.63) is 81.0 Å². The maximum absolute atomic E-state index is 12.1. The number of methoxy groups -OCH3 is 1. The summed E-state index contributed by atoms with van der Waals surface area (Å²) in [4.78, 5) is 22.8. The van der Waals surface area contributed by atoms with Crippen LogP contribution < -0.4 is 4.74 Å². The molecule has 0 aromatic heterocycles. The summed E-state index contributed by atoms with van der Waals surface area (Å²) >= 11 is 0. The molecule has 2 unspecified atom stereocenters. The zero-order valence-corrected chi connectivity index (χ0v) is 18.3. The molecule has 2 aromatic rings. The van der Waals surface area contributed by atoms with E-state index in [4.69, 9.17) is 14.6 Å². The van der Waals surface area contributed by atoms with Crippen molar-refractivity contribution < 1.29 is 19.2 Å². The highest BCUT2D eigenvalue weighted by Crippen LogP contribution is 2.45. The molecule has 0 N–H and O–H groups in total. The average Bonchev–Trinajstić information content (AvgIpc) is 3.19. The van der Waals surface area contributed by atoms with Crippen molar-refractivity contribution in [1.82, 2.24) is 5.01 Å². The fourth-order valence-corrected chi connectivity index (χ4v) is 4.47. The van der Waals surface area contributed by atoms with Gasteiger partial charge in [-0.2, -0.15) is 5.10 Å². The van der Waals surface area contributed by atoms with Gasteiger partial charge < -0.3 is 9.47 Å². The Kier molecular flexibility index (Phi) is 5.94. The molecule has 0 saturated heterocycles. The number of ether oxygens (including phenoxy) is 2. The van der Waals surface area contributed by atoms with Gasteiger partial charge in [-0.3, -0.25) is 15.1 Å². The first-order chi connectivity index (χ1) is 15.4. The van der Waals surface area contributed by atoms with E-state index in [2.05, 4.69) is 0 Å². The number of nitro groups is 1. The predicted molar refractivity (Wildman–Crippen MR) is 119 cm³/mol. The number of esters is 1. The van der Waals surface area contributed by atoms with E-state index in [1.54, 1.807) is 26.2 Å². The van der Waals surface area contributed by atoms with Gasteiger partial charge in [0.15, 0.2) is 0 Å². The third kappa shape index (κ3) is 3.95. The molecule has 8 nitrogen and oxygen atoms in total. The molecule has 32 heavy (non-hydrogen) atoms. The van der Waals surface area contributed by atoms with E-state index in [9.17, 15) is 14.9 Å². The molecule has 1 aliphatic carbocycles. The Morgan fingerprint density at radius 3 is 2.69 bits per heavy atom. The Balaban J connectivity index is 1.77. The second kappa shape index (κ2) is 8.82. The predicted octanol–water partition coefficient (Wildman–Crippen LogP) is 4.39. The summed E-state index contributed by atoms with van der Waals surface area (Å²) in [6, 6.07) is 12.4. The molecule has 166 valence electrons. The molecule has 4 rings (SSSR count). The minimum Gasteiger partial charge on any atom is -0.497 e. The number of fused-ring (bicyclic) bond motifs is 3. The number of hydrogen-bond donors (Lipinski definition) is 0. The molecule has 0 bridgehead atoms. The van der Waals surface area contributed by atoms with Gasteiger partial charge >= 0.3 is 5.97 Å². The van der Waals surface area contributed by atoms with Gasteiger partial charge in [-0.25, -0.2) is 4.79 Å². The summed E-state index contributed by atoms with van der Waals surface area (Å²) in [5.41, 5.74) is 4.81. The van der Waals surface area contributed by atoms with Crippen LogP contribution in [0.25, 0.3) is 0 Å². The second-order valence-corrected chi connectivity index (χ2v) is 7.83. The molecule has 0 radical (unpaired) electrons. The van der Waals surface area contributed by atoms with E-state index in [-0.39, 0.29) is 17.6 Å². The van der Waals surface area contributed by atoms with Crippen molar-refractivity contribution in [2.24, 2.45) is 11.0 Å². The number of hydrogen-bond acceptors (Lipinski definition) is 7. The molecule has 0 saturated carbocycles. The molecule has 8 heteroatoms. The number of benzene rings is 2. The monoisotopic (exact) mass is 435 g/mol. The van der Waals surface area contributed by atoms with Crippen LogP contribution in [0, 0.1) is 16.0 Å². The van der Waals surface area contributed by atoms with E-state index in [0.717, 1.165) is 35.4 Å². The van der Waals surface area contributed by atoms with Gasteiger partial charge in [0.05, 0.1) is 30.4 Å². The SMILES string of the molecule is CCOC(=O)/C=C(/C)N1N=C2c3ccc(OC)cc3CCC2C1c1ccc([N+](=O)[O-])cc1. The quantitative estimate of drug-likeness (QED) is 0.289. The summed E-state index contributed by atoms with van der Waals surface area (Å²) < 4.78 is 10.4. The standard InChI is InChI=1S/C24H25N3O5/c1-4-32-22(28)13-15(2)26-24(16-5-8-18(9-6-16)27(29)30)21-11-7-17-14-19(31-3)10-12-20(17)23(21)25-26/h5-6,8-10,12-14,21,24H,4,7,11H2,1-3H3/b15-13-. The van der Waals surface area contributed by atoms with Gasteiger partial charge in [-0.05, 0) is 56.0 Å². The highest BCUT2D eigenvalue weighted by molar-refractivity contribution is 6.06. The van der Waals surface area contributed by atoms with Gasteiger partial charge in [0.1, 0.15) is 5.75 Å². The van der Waals surface area contributed by atoms with Crippen molar-refractivity contribution in [2.45, 2.75) is 32.7 Å². The molecule has 0 spiro atoms. The average molecular weight is 435 g/mol. The number of hydrazone groups is 1. The molecule has 0 amide bonds. The summed E-state index contributed by atoms with van der Waals surface area (Å²) in [6.07, 6.45) is 3.18. The molecule has 2 aromatic carbocycles. The summed E-state index contributed by atoms with van der Waals surface area (Å²) in [5.74, 6) is 0.471. The van der Waals surface area contributed by atoms with E-state index in [1.807, 2.05) is 30.1 Å². The summed E-state index contributed by atoms with van der Waals surface area (Å²) in [7, 11) is 1.65. The zero-order chi connectivity index (χ0) is 22.8. The number of carbonyl (C=O) groups excluding carboxylic acids is 1. The van der Waals surface area contributed by atoms with Crippen LogP contribution >= 0.6 is 0 Å². The second-order valence-electron chi connectivity index (χ2n) is 7.83. The number of non-ortho nitro benzene ring substituents is 1. The maximum atomic E-state index is 12.1. The number of carbonyl (C=O) groups is 1. The Morgan fingerprint density at radius 1 is 1.28 bits per heavy atom. The lowest BCUT2D eigenvalue weighted by Gasteiger charge is -2.31. The largest absolute Gasteiger partial charge is 0.497 e. The minimum absolute atomic E-state index is 0.0410. The number of rotatable bonds is 6. The summed E-state index contributed by atoms with van der Waals surface area (Å²) in [6.45, 7) is 3.88. The van der Waals surface area contributed by atoms with Gasteiger partial charge in [0.25, 0.3) is 5.69 Å². The number of allylic oxidation sites excluding steroid dienone is 1. The highest BCUT2D eigenvalue weighted by atomic mass is 16.6. The molecular formula is C24H25N3O5. The highest BCUT2D eigenvalue weighted by Gasteiger charge is 2.42. The lowest BCUT2D eigenvalue weighted by Crippen LogP contribution is -2.28. The first-order valence-corrected chi connectivity index (χ1v) is 10.6. The Morgan fingerprint density at radius 2 is 2.03 bits per heavy atom. The van der Waals surface area contributed by atoms with Crippen molar-refractivity contribution in [2.75, 3.05) is 13.7 Å². The minimum atomic E-state index is -0.423. The third-order valence-electron chi connectivity index (χ3n) is 5.94. The fraction of sp³-hybridized carbons (Fsp3) is 0.333. The van der Waals surface area contributed by atoms with Crippen molar-refractivity contribution >= 4 is 17.4 Å². The number of nitrogens with zero attached hydrogens (tertiary/aromatic N) is 3. The zero-order valence-electron chi connectivity index (χ0n) is 18.3. The van der Waals surface area contributed by atoms with Crippen LogP contribution in [0.3, 0.4) is 0 Å². The van der Waals surface area contributed by atoms with Crippen molar-refractivity contribution in [3.8, 4) is 5.75 Å². The van der Waals surface area contributed by atoms with E-state index < -0.39 is 10.9 Å². The Hall–Kier alpha value is -3.68. The Labute approximate surface area is 186 Å². The van der Waals surface area contributed by atoms with Gasteiger partial charge in [-0.1, -0.05) is 12.1 Å². The van der Waals surface area contributed by atoms with Crippen molar-refractivity contribution in [3.63, 3.8) is 0 Å². The normalized spacial score (nSPS) is 19.7. The van der Waals surface area contributed by atoms with Crippen LogP contribution in [0.4, 0.5) is 5.69 Å². The van der Waals surface area contributed by atoms with Crippen molar-refractivity contribution in [1.29, 1.82) is 0 Å². The summed E-state index contributed by atoms with van der Waals surface area (Å²) in [5, 5.41) is 17.9. The van der Waals surface area contributed by atoms with Crippen LogP contribution in [-0.2, 0) is 16.0 Å². The molecule has 1 aliphatic heterocycles. The van der Waals surface area contributed by atoms with E-state index >= 15 is 0 Å². The molecule has 1 heterocycles. The lowest BCUT2D eigenvalue weighted by atomic mass is 9.77. The van der Waals surface area contributed by atoms with Crippen LogP contribution in [-0.4, -0.2) is 35.3 Å². The van der Waals surface area contributed by atoms with Crippen LogP contribution in [0.15, 0.2) is 59.3 Å². The maximum Gasteiger partial charge on any atom is 0.332 e. The first kappa shape index (κ1) is 21.5. The first-order valence-electron chi connectivity index (χ1n) is 10.6. The number of aryl methyl sites for hydroxylation is 1. The van der Waals surface area contributed by atoms with Gasteiger partial charge in [0, 0.05) is 35.4 Å². The van der Waals surface area contributed by atoms with Gasteiger partial charge in [-0.15, -0.1) is 0 Å². The molecule has 2 aliphatic rings. The Bertz CT molecular complexity index is 1110. The van der Waals surface area contributed by atoms with Crippen LogP contribution in [0.2, 0.25) is 0 Å². The fourth-order valence-electron chi connectivity index (χ4n) is 4.47. The van der Waals surface area contributed by atoms with E-state index in [0.29, 0.717) is 12.3 Å². The molecular weight excluding hydrogens is 410 g/mol. The van der Waals surface area contributed by atoms with Crippen LogP contribution in [0.5, 0.6) is 5.75 Å². The van der Waals surface area contributed by atoms with Gasteiger partial charge in [0.2, 0.25) is 0 Å². The van der Waals surface area contributed by atoms with E-state index in [1.165, 1.54) is 23.8 Å². The molecule has 2 atom stereocenters. The third-order valence-corrected chi connectivity index (χ3v) is 5.94.